The van der Waals surface area contributed by atoms with Gasteiger partial charge in [-0.15, -0.1) is 11.3 Å². The predicted octanol–water partition coefficient (Wildman–Crippen LogP) is 4.28. The van der Waals surface area contributed by atoms with Gasteiger partial charge in [0.1, 0.15) is 0 Å². The summed E-state index contributed by atoms with van der Waals surface area (Å²) in [7, 11) is 1.61. The van der Waals surface area contributed by atoms with Gasteiger partial charge in [0, 0.05) is 11.9 Å². The summed E-state index contributed by atoms with van der Waals surface area (Å²) in [6.45, 7) is 1.92. The monoisotopic (exact) mass is 400 g/mol. The van der Waals surface area contributed by atoms with Gasteiger partial charge in [0.15, 0.2) is 5.96 Å². The summed E-state index contributed by atoms with van der Waals surface area (Å²) in [5.74, 6) is -0.637. The first-order valence-electron chi connectivity index (χ1n) is 9.23. The summed E-state index contributed by atoms with van der Waals surface area (Å²) in [5.41, 5.74) is 2.45. The fourth-order valence-electron chi connectivity index (χ4n) is 3.86. The molecule has 1 aromatic heterocycles. The maximum atomic E-state index is 13.3. The van der Waals surface area contributed by atoms with Gasteiger partial charge in [-0.05, 0) is 47.2 Å². The number of nitrogens with one attached hydrogen (secondary N) is 2. The Balaban J connectivity index is 1.81. The number of nitriles is 1. The second-order valence-corrected chi connectivity index (χ2v) is 8.25. The molecule has 0 spiro atoms. The number of rotatable bonds is 3. The van der Waals surface area contributed by atoms with Crippen LogP contribution in [0.3, 0.4) is 0 Å². The summed E-state index contributed by atoms with van der Waals surface area (Å²) >= 11 is 1.67. The summed E-state index contributed by atoms with van der Waals surface area (Å²) in [6, 6.07) is 21.5. The minimum absolute atomic E-state index is 0.0475. The molecule has 0 bridgehead atoms. The van der Waals surface area contributed by atoms with E-state index in [-0.39, 0.29) is 11.9 Å². The van der Waals surface area contributed by atoms with Crippen molar-refractivity contribution in [3.8, 4) is 16.5 Å². The van der Waals surface area contributed by atoms with Crippen LogP contribution in [0.4, 0.5) is 0 Å². The highest BCUT2D eigenvalue weighted by Gasteiger charge is 2.48. The molecule has 144 valence electrons. The van der Waals surface area contributed by atoms with E-state index in [0.717, 1.165) is 16.7 Å². The summed E-state index contributed by atoms with van der Waals surface area (Å²) in [5, 5.41) is 22.8. The Morgan fingerprint density at radius 1 is 1.17 bits per heavy atom. The molecule has 2 heterocycles. The van der Waals surface area contributed by atoms with Crippen molar-refractivity contribution < 1.29 is 4.79 Å². The Morgan fingerprint density at radius 3 is 2.59 bits per heavy atom. The molecule has 2 N–H and O–H groups in total. The SMILES string of the molecule is CN1C(=N)N[C@](C)(c2cccc(C#N)c2)[C@@H](c2ccc(-c3cccs3)cc2)C1=O. The van der Waals surface area contributed by atoms with E-state index >= 15 is 0 Å². The summed E-state index contributed by atoms with van der Waals surface area (Å²) < 4.78 is 0. The second kappa shape index (κ2) is 7.19. The Morgan fingerprint density at radius 2 is 1.93 bits per heavy atom. The number of hydrogen-bond donors (Lipinski definition) is 2. The summed E-state index contributed by atoms with van der Waals surface area (Å²) in [6.07, 6.45) is 0. The highest BCUT2D eigenvalue weighted by Crippen LogP contribution is 2.41. The zero-order valence-electron chi connectivity index (χ0n) is 16.1. The number of carbonyl (C=O) groups is 1. The first-order valence-corrected chi connectivity index (χ1v) is 10.1. The summed E-state index contributed by atoms with van der Waals surface area (Å²) in [4.78, 5) is 15.8. The highest BCUT2D eigenvalue weighted by atomic mass is 32.1. The average Bonchev–Trinajstić information content (AvgIpc) is 3.28. The van der Waals surface area contributed by atoms with E-state index in [9.17, 15) is 10.1 Å². The Kier molecular flexibility index (Phi) is 4.69. The van der Waals surface area contributed by atoms with Crippen LogP contribution in [0.2, 0.25) is 0 Å². The molecule has 3 aromatic rings. The molecule has 0 aliphatic carbocycles. The second-order valence-electron chi connectivity index (χ2n) is 7.30. The quantitative estimate of drug-likeness (QED) is 0.689. The molecule has 0 saturated carbocycles. The number of thiophene rings is 1. The van der Waals surface area contributed by atoms with Crippen LogP contribution in [0.1, 0.15) is 29.5 Å². The molecule has 29 heavy (non-hydrogen) atoms. The largest absolute Gasteiger partial charge is 0.346 e. The molecule has 2 atom stereocenters. The minimum Gasteiger partial charge on any atom is -0.346 e. The van der Waals surface area contributed by atoms with Crippen molar-refractivity contribution in [3.63, 3.8) is 0 Å². The molecule has 4 rings (SSSR count). The van der Waals surface area contributed by atoms with Gasteiger partial charge in [-0.2, -0.15) is 5.26 Å². The highest BCUT2D eigenvalue weighted by molar-refractivity contribution is 7.13. The zero-order valence-corrected chi connectivity index (χ0v) is 17.0. The first-order chi connectivity index (χ1) is 13.9. The maximum absolute atomic E-state index is 13.3. The lowest BCUT2D eigenvalue weighted by molar-refractivity contribution is -0.131. The van der Waals surface area contributed by atoms with E-state index in [1.807, 2.05) is 54.8 Å². The third kappa shape index (κ3) is 3.20. The predicted molar refractivity (Wildman–Crippen MR) is 115 cm³/mol. The minimum atomic E-state index is -0.849. The normalized spacial score (nSPS) is 21.6. The number of nitrogens with zero attached hydrogens (tertiary/aromatic N) is 2. The van der Waals surface area contributed by atoms with E-state index in [1.165, 1.54) is 9.78 Å². The Labute approximate surface area is 173 Å². The van der Waals surface area contributed by atoms with Gasteiger partial charge in [-0.25, -0.2) is 0 Å². The topological polar surface area (TPSA) is 80.0 Å². The lowest BCUT2D eigenvalue weighted by Crippen LogP contribution is -2.62. The van der Waals surface area contributed by atoms with E-state index in [4.69, 9.17) is 5.41 Å². The van der Waals surface area contributed by atoms with Gasteiger partial charge in [0.25, 0.3) is 0 Å². The maximum Gasteiger partial charge on any atom is 0.239 e. The number of likely N-dealkylation sites (N-methyl/N-ethyl adjacent to an activating group) is 1. The van der Waals surface area contributed by atoms with Crippen molar-refractivity contribution in [2.45, 2.75) is 18.4 Å². The molecule has 1 aliphatic heterocycles. The third-order valence-electron chi connectivity index (χ3n) is 5.51. The molecule has 5 nitrogen and oxygen atoms in total. The van der Waals surface area contributed by atoms with Crippen LogP contribution in [0.5, 0.6) is 0 Å². The first kappa shape index (κ1) is 18.9. The molecular formula is C23H20N4OS. The van der Waals surface area contributed by atoms with Crippen molar-refractivity contribution in [2.75, 3.05) is 7.05 Å². The van der Waals surface area contributed by atoms with Crippen molar-refractivity contribution in [1.29, 1.82) is 10.7 Å². The van der Waals surface area contributed by atoms with E-state index < -0.39 is 11.5 Å². The van der Waals surface area contributed by atoms with Crippen LogP contribution in [0.15, 0.2) is 66.0 Å². The number of hydrogen-bond acceptors (Lipinski definition) is 4. The third-order valence-corrected chi connectivity index (χ3v) is 6.43. The lowest BCUT2D eigenvalue weighted by Gasteiger charge is -2.46. The van der Waals surface area contributed by atoms with Crippen LogP contribution < -0.4 is 5.32 Å². The molecule has 6 heteroatoms. The number of benzene rings is 2. The fourth-order valence-corrected chi connectivity index (χ4v) is 4.59. The molecule has 1 fully saturated rings. The van der Waals surface area contributed by atoms with Crippen molar-refractivity contribution in [2.24, 2.45) is 0 Å². The van der Waals surface area contributed by atoms with E-state index in [2.05, 4.69) is 17.5 Å². The van der Waals surface area contributed by atoms with Crippen LogP contribution in [0.25, 0.3) is 10.4 Å². The van der Waals surface area contributed by atoms with Gasteiger partial charge in [0.2, 0.25) is 5.91 Å². The molecule has 1 aliphatic rings. The van der Waals surface area contributed by atoms with E-state index in [0.29, 0.717) is 5.56 Å². The van der Waals surface area contributed by atoms with Crippen molar-refractivity contribution >= 4 is 23.2 Å². The Hall–Kier alpha value is -3.43. The van der Waals surface area contributed by atoms with Gasteiger partial charge < -0.3 is 5.32 Å². The fraction of sp³-hybridized carbons (Fsp3) is 0.174. The van der Waals surface area contributed by atoms with Crippen LogP contribution >= 0.6 is 11.3 Å². The van der Waals surface area contributed by atoms with Crippen molar-refractivity contribution in [1.82, 2.24) is 10.2 Å². The molecule has 1 saturated heterocycles. The van der Waals surface area contributed by atoms with Gasteiger partial charge in [-0.3, -0.25) is 15.1 Å². The molecule has 2 aromatic carbocycles. The van der Waals surface area contributed by atoms with Crippen LogP contribution in [0, 0.1) is 16.7 Å². The van der Waals surface area contributed by atoms with Crippen LogP contribution in [-0.2, 0) is 10.3 Å². The Bertz CT molecular complexity index is 1110. The number of carbonyl (C=O) groups excluding carboxylic acids is 1. The van der Waals surface area contributed by atoms with Crippen LogP contribution in [-0.4, -0.2) is 23.8 Å². The molecular weight excluding hydrogens is 380 g/mol. The average molecular weight is 401 g/mol. The lowest BCUT2D eigenvalue weighted by atomic mass is 9.73. The smallest absolute Gasteiger partial charge is 0.239 e. The molecule has 0 unspecified atom stereocenters. The van der Waals surface area contributed by atoms with Gasteiger partial charge in [0.05, 0.1) is 23.1 Å². The van der Waals surface area contributed by atoms with Gasteiger partial charge in [-0.1, -0.05) is 42.5 Å². The zero-order chi connectivity index (χ0) is 20.6. The molecule has 1 amide bonds. The molecule has 0 radical (unpaired) electrons. The number of amides is 1. The van der Waals surface area contributed by atoms with Gasteiger partial charge >= 0.3 is 0 Å². The number of guanidine groups is 1. The van der Waals surface area contributed by atoms with E-state index in [1.54, 1.807) is 30.5 Å². The van der Waals surface area contributed by atoms with Crippen molar-refractivity contribution in [3.05, 3.63) is 82.7 Å². The standard InChI is InChI=1S/C23H20N4OS/c1-23(18-6-3-5-15(13-18)14-24)20(21(28)27(2)22(25)26-23)17-10-8-16(9-11-17)19-7-4-12-29-19/h3-13,20H,1-2H3,(H2,25,26)/t20-,23+/m0/s1.